The Hall–Kier alpha value is -0.790. The lowest BCUT2D eigenvalue weighted by molar-refractivity contribution is -0.118. The maximum Gasteiger partial charge on any atom is 0.197 e. The molecule has 1 atom stereocenters. The van der Waals surface area contributed by atoms with E-state index in [0.29, 0.717) is 24.0 Å². The molecule has 2 nitrogen and oxygen atoms in total. The topological polar surface area (TPSA) is 26.3 Å². The zero-order valence-corrected chi connectivity index (χ0v) is 8.30. The van der Waals surface area contributed by atoms with Gasteiger partial charge < -0.3 is 4.74 Å². The Morgan fingerprint density at radius 1 is 1.46 bits per heavy atom. The highest BCUT2D eigenvalue weighted by molar-refractivity contribution is 5.97. The van der Waals surface area contributed by atoms with Crippen LogP contribution in [-0.2, 0) is 9.53 Å². The van der Waals surface area contributed by atoms with Crippen molar-refractivity contribution < 1.29 is 9.53 Å². The van der Waals surface area contributed by atoms with Gasteiger partial charge in [-0.1, -0.05) is 13.8 Å². The van der Waals surface area contributed by atoms with Gasteiger partial charge in [0.1, 0.15) is 0 Å². The molecule has 0 spiro atoms. The van der Waals surface area contributed by atoms with Gasteiger partial charge in [0.25, 0.3) is 0 Å². The Morgan fingerprint density at radius 3 is 2.92 bits per heavy atom. The zero-order valence-electron chi connectivity index (χ0n) is 8.30. The van der Waals surface area contributed by atoms with E-state index in [4.69, 9.17) is 4.74 Å². The zero-order chi connectivity index (χ0) is 9.42. The molecule has 0 aromatic carbocycles. The van der Waals surface area contributed by atoms with Crippen LogP contribution in [0.5, 0.6) is 0 Å². The number of rotatable bonds is 1. The summed E-state index contributed by atoms with van der Waals surface area (Å²) in [7, 11) is 0. The number of hydrogen-bond acceptors (Lipinski definition) is 2. The van der Waals surface area contributed by atoms with Gasteiger partial charge in [0, 0.05) is 6.42 Å². The summed E-state index contributed by atoms with van der Waals surface area (Å²) in [5.74, 6) is 1.97. The van der Waals surface area contributed by atoms with E-state index in [9.17, 15) is 4.79 Å². The van der Waals surface area contributed by atoms with Crippen LogP contribution < -0.4 is 0 Å². The number of ketones is 1. The maximum absolute atomic E-state index is 11.5. The second-order valence-electron chi connectivity index (χ2n) is 4.28. The molecule has 2 rings (SSSR count). The first-order chi connectivity index (χ1) is 6.20. The summed E-state index contributed by atoms with van der Waals surface area (Å²) in [6.45, 7) is 5.10. The average molecular weight is 180 g/mol. The molecule has 0 saturated heterocycles. The summed E-state index contributed by atoms with van der Waals surface area (Å²) < 4.78 is 5.42. The maximum atomic E-state index is 11.5. The van der Waals surface area contributed by atoms with E-state index in [1.54, 1.807) is 0 Å². The Kier molecular flexibility index (Phi) is 2.14. The van der Waals surface area contributed by atoms with E-state index in [1.807, 2.05) is 0 Å². The van der Waals surface area contributed by atoms with Crippen molar-refractivity contribution in [3.05, 3.63) is 11.3 Å². The van der Waals surface area contributed by atoms with E-state index >= 15 is 0 Å². The molecule has 0 aromatic rings. The van der Waals surface area contributed by atoms with Crippen LogP contribution in [0.2, 0.25) is 0 Å². The van der Waals surface area contributed by atoms with E-state index in [-0.39, 0.29) is 5.78 Å². The molecule has 1 aliphatic heterocycles. The lowest BCUT2D eigenvalue weighted by atomic mass is 9.87. The van der Waals surface area contributed by atoms with Gasteiger partial charge >= 0.3 is 0 Å². The fourth-order valence-electron chi connectivity index (χ4n) is 2.31. The smallest absolute Gasteiger partial charge is 0.197 e. The quantitative estimate of drug-likeness (QED) is 0.619. The molecule has 1 unspecified atom stereocenters. The summed E-state index contributed by atoms with van der Waals surface area (Å²) >= 11 is 0. The minimum absolute atomic E-state index is 0.230. The van der Waals surface area contributed by atoms with Crippen LogP contribution in [0.15, 0.2) is 11.3 Å². The molecule has 0 aromatic heterocycles. The lowest BCUT2D eigenvalue weighted by Crippen LogP contribution is -2.11. The fraction of sp³-hybridized carbons (Fsp3) is 0.727. The Bertz CT molecular complexity index is 263. The van der Waals surface area contributed by atoms with Crippen LogP contribution in [0, 0.1) is 11.8 Å². The third-order valence-corrected chi connectivity index (χ3v) is 3.04. The Balaban J connectivity index is 2.28. The minimum Gasteiger partial charge on any atom is -0.490 e. The number of hydrogen-bond donors (Lipinski definition) is 0. The second-order valence-corrected chi connectivity index (χ2v) is 4.28. The molecule has 1 heterocycles. The first-order valence-corrected chi connectivity index (χ1v) is 5.09. The highest BCUT2D eigenvalue weighted by Crippen LogP contribution is 2.39. The first-order valence-electron chi connectivity index (χ1n) is 5.09. The lowest BCUT2D eigenvalue weighted by Gasteiger charge is -2.21. The molecule has 1 aliphatic carbocycles. The molecule has 13 heavy (non-hydrogen) atoms. The minimum atomic E-state index is 0.230. The number of carbonyl (C=O) groups excluding carboxylic acids is 1. The van der Waals surface area contributed by atoms with Crippen LogP contribution in [0.25, 0.3) is 0 Å². The normalized spacial score (nSPS) is 27.9. The van der Waals surface area contributed by atoms with Crippen molar-refractivity contribution in [2.45, 2.75) is 33.1 Å². The van der Waals surface area contributed by atoms with E-state index in [0.717, 1.165) is 19.4 Å². The van der Waals surface area contributed by atoms with Crippen LogP contribution in [0.1, 0.15) is 33.1 Å². The molecular weight excluding hydrogens is 164 g/mol. The standard InChI is InChI=1S/C11H16O2/c1-7(2)9-6-10(12)11-8(9)4-3-5-13-11/h7,9H,3-6H2,1-2H3. The predicted molar refractivity (Wildman–Crippen MR) is 50.2 cm³/mol. The van der Waals surface area contributed by atoms with Crippen molar-refractivity contribution in [2.75, 3.05) is 6.61 Å². The van der Waals surface area contributed by atoms with Gasteiger partial charge in [0.15, 0.2) is 11.5 Å². The third-order valence-electron chi connectivity index (χ3n) is 3.04. The molecule has 0 saturated carbocycles. The van der Waals surface area contributed by atoms with Gasteiger partial charge in [0.05, 0.1) is 6.61 Å². The SMILES string of the molecule is CC(C)C1CC(=O)C2=C1CCCO2. The largest absolute Gasteiger partial charge is 0.490 e. The molecule has 72 valence electrons. The highest BCUT2D eigenvalue weighted by Gasteiger charge is 2.36. The summed E-state index contributed by atoms with van der Waals surface area (Å²) in [6, 6.07) is 0. The summed E-state index contributed by atoms with van der Waals surface area (Å²) in [5, 5.41) is 0. The van der Waals surface area contributed by atoms with Gasteiger partial charge in [-0.25, -0.2) is 0 Å². The molecule has 0 bridgehead atoms. The third kappa shape index (κ3) is 1.38. The van der Waals surface area contributed by atoms with E-state index < -0.39 is 0 Å². The van der Waals surface area contributed by atoms with Crippen molar-refractivity contribution in [1.29, 1.82) is 0 Å². The van der Waals surface area contributed by atoms with Crippen molar-refractivity contribution in [1.82, 2.24) is 0 Å². The molecule has 2 aliphatic rings. The molecule has 0 fully saturated rings. The number of Topliss-reactive ketones (excluding diaryl/α,β-unsaturated/α-hetero) is 1. The van der Waals surface area contributed by atoms with Crippen LogP contribution in [0.3, 0.4) is 0 Å². The van der Waals surface area contributed by atoms with E-state index in [2.05, 4.69) is 13.8 Å². The first kappa shape index (κ1) is 8.79. The molecule has 0 N–H and O–H groups in total. The molecule has 0 amide bonds. The molecular formula is C11H16O2. The molecule has 2 heteroatoms. The van der Waals surface area contributed by atoms with Crippen LogP contribution in [-0.4, -0.2) is 12.4 Å². The van der Waals surface area contributed by atoms with Gasteiger partial charge in [-0.3, -0.25) is 4.79 Å². The average Bonchev–Trinajstić information content (AvgIpc) is 2.45. The van der Waals surface area contributed by atoms with Crippen LogP contribution in [0.4, 0.5) is 0 Å². The highest BCUT2D eigenvalue weighted by atomic mass is 16.5. The summed E-state index contributed by atoms with van der Waals surface area (Å²) in [5.41, 5.74) is 1.30. The van der Waals surface area contributed by atoms with Gasteiger partial charge in [-0.15, -0.1) is 0 Å². The predicted octanol–water partition coefficient (Wildman–Crippen LogP) is 2.30. The number of carbonyl (C=O) groups is 1. The summed E-state index contributed by atoms with van der Waals surface area (Å²) in [4.78, 5) is 11.5. The van der Waals surface area contributed by atoms with Crippen LogP contribution >= 0.6 is 0 Å². The van der Waals surface area contributed by atoms with Crippen molar-refractivity contribution in [3.63, 3.8) is 0 Å². The van der Waals surface area contributed by atoms with Gasteiger partial charge in [-0.2, -0.15) is 0 Å². The monoisotopic (exact) mass is 180 g/mol. The van der Waals surface area contributed by atoms with Gasteiger partial charge in [-0.05, 0) is 30.3 Å². The number of ether oxygens (including phenoxy) is 1. The van der Waals surface area contributed by atoms with Crippen molar-refractivity contribution in [3.8, 4) is 0 Å². The summed E-state index contributed by atoms with van der Waals surface area (Å²) in [6.07, 6.45) is 2.83. The fourth-order valence-corrected chi connectivity index (χ4v) is 2.31. The van der Waals surface area contributed by atoms with Gasteiger partial charge in [0.2, 0.25) is 0 Å². The Morgan fingerprint density at radius 2 is 2.23 bits per heavy atom. The number of allylic oxidation sites excluding steroid dienone is 2. The van der Waals surface area contributed by atoms with E-state index in [1.165, 1.54) is 5.57 Å². The van der Waals surface area contributed by atoms with Crippen molar-refractivity contribution >= 4 is 5.78 Å². The Labute approximate surface area is 79.0 Å². The molecule has 0 radical (unpaired) electrons. The van der Waals surface area contributed by atoms with Crippen molar-refractivity contribution in [2.24, 2.45) is 11.8 Å². The second kappa shape index (κ2) is 3.17.